The maximum absolute atomic E-state index is 12.0. The Morgan fingerprint density at radius 3 is 2.67 bits per heavy atom. The van der Waals surface area contributed by atoms with E-state index in [0.717, 1.165) is 18.4 Å². The van der Waals surface area contributed by atoms with Crippen LogP contribution in [-0.2, 0) is 11.3 Å². The van der Waals surface area contributed by atoms with Gasteiger partial charge in [-0.15, -0.1) is 0 Å². The van der Waals surface area contributed by atoms with Crippen LogP contribution in [0.5, 0.6) is 5.75 Å². The molecule has 0 bridgehead atoms. The van der Waals surface area contributed by atoms with Gasteiger partial charge in [0, 0.05) is 23.2 Å². The quantitative estimate of drug-likeness (QED) is 0.822. The van der Waals surface area contributed by atoms with Crippen LogP contribution in [0, 0.1) is 0 Å². The van der Waals surface area contributed by atoms with Crippen LogP contribution in [0.15, 0.2) is 18.2 Å². The van der Waals surface area contributed by atoms with Crippen molar-refractivity contribution in [3.05, 3.63) is 28.8 Å². The first-order valence-electron chi connectivity index (χ1n) is 7.59. The van der Waals surface area contributed by atoms with Crippen LogP contribution in [0.3, 0.4) is 0 Å². The summed E-state index contributed by atoms with van der Waals surface area (Å²) in [5.74, 6) is 0.505. The first-order chi connectivity index (χ1) is 10.2. The van der Waals surface area contributed by atoms with E-state index in [2.05, 4.69) is 5.32 Å². The second-order valence-electron chi connectivity index (χ2n) is 5.50. The molecule has 1 amide bonds. The highest BCUT2D eigenvalue weighted by atomic mass is 35.5. The minimum Gasteiger partial charge on any atom is -0.483 e. The van der Waals surface area contributed by atoms with Crippen molar-refractivity contribution in [3.8, 4) is 5.75 Å². The van der Waals surface area contributed by atoms with Gasteiger partial charge in [-0.05, 0) is 25.0 Å². The Labute approximate surface area is 131 Å². The summed E-state index contributed by atoms with van der Waals surface area (Å²) >= 11 is 5.94. The summed E-state index contributed by atoms with van der Waals surface area (Å²) in [6.45, 7) is 0.362. The standard InChI is InChI=1S/C16H23ClN2O2/c17-13-8-7-12(10-18)15(9-13)21-11-16(20)19-14-5-3-1-2-4-6-14/h7-9,14H,1-6,10-11,18H2,(H,19,20). The number of hydrogen-bond donors (Lipinski definition) is 2. The molecule has 1 aliphatic carbocycles. The molecule has 4 nitrogen and oxygen atoms in total. The van der Waals surface area contributed by atoms with Gasteiger partial charge in [-0.3, -0.25) is 4.79 Å². The Balaban J connectivity index is 1.84. The molecular weight excluding hydrogens is 288 g/mol. The summed E-state index contributed by atoms with van der Waals surface area (Å²) in [6, 6.07) is 5.57. The lowest BCUT2D eigenvalue weighted by molar-refractivity contribution is -0.123. The molecule has 1 aromatic carbocycles. The molecule has 0 unspecified atom stereocenters. The van der Waals surface area contributed by atoms with Gasteiger partial charge in [0.1, 0.15) is 5.75 Å². The fourth-order valence-electron chi connectivity index (χ4n) is 2.67. The third kappa shape index (κ3) is 5.21. The lowest BCUT2D eigenvalue weighted by atomic mass is 10.1. The topological polar surface area (TPSA) is 64.3 Å². The van der Waals surface area contributed by atoms with E-state index in [0.29, 0.717) is 17.3 Å². The highest BCUT2D eigenvalue weighted by Gasteiger charge is 2.15. The summed E-state index contributed by atoms with van der Waals surface area (Å²) in [5, 5.41) is 3.63. The Bertz CT molecular complexity index is 471. The molecule has 0 saturated heterocycles. The fourth-order valence-corrected chi connectivity index (χ4v) is 2.83. The molecule has 3 N–H and O–H groups in total. The minimum atomic E-state index is -0.0788. The Hall–Kier alpha value is -1.26. The van der Waals surface area contributed by atoms with Crippen molar-refractivity contribution >= 4 is 17.5 Å². The van der Waals surface area contributed by atoms with Crippen LogP contribution in [-0.4, -0.2) is 18.6 Å². The number of halogens is 1. The van der Waals surface area contributed by atoms with E-state index in [1.807, 2.05) is 6.07 Å². The van der Waals surface area contributed by atoms with Crippen LogP contribution in [0.25, 0.3) is 0 Å². The Morgan fingerprint density at radius 2 is 2.00 bits per heavy atom. The number of ether oxygens (including phenoxy) is 1. The van der Waals surface area contributed by atoms with Crippen molar-refractivity contribution in [2.45, 2.75) is 51.1 Å². The zero-order valence-electron chi connectivity index (χ0n) is 12.2. The van der Waals surface area contributed by atoms with Crippen LogP contribution in [0.2, 0.25) is 5.02 Å². The molecule has 5 heteroatoms. The molecule has 0 radical (unpaired) electrons. The van der Waals surface area contributed by atoms with Crippen LogP contribution < -0.4 is 15.8 Å². The van der Waals surface area contributed by atoms with Gasteiger partial charge >= 0.3 is 0 Å². The summed E-state index contributed by atoms with van der Waals surface area (Å²) in [5.41, 5.74) is 6.50. The summed E-state index contributed by atoms with van der Waals surface area (Å²) in [4.78, 5) is 12.0. The van der Waals surface area contributed by atoms with E-state index >= 15 is 0 Å². The van der Waals surface area contributed by atoms with Crippen molar-refractivity contribution in [3.63, 3.8) is 0 Å². The molecule has 1 aliphatic rings. The predicted octanol–water partition coefficient (Wildman–Crippen LogP) is 3.02. The second kappa shape index (κ2) is 8.25. The monoisotopic (exact) mass is 310 g/mol. The van der Waals surface area contributed by atoms with E-state index < -0.39 is 0 Å². The summed E-state index contributed by atoms with van der Waals surface area (Å²) in [7, 11) is 0. The van der Waals surface area contributed by atoms with Crippen molar-refractivity contribution in [2.24, 2.45) is 5.73 Å². The molecule has 2 rings (SSSR count). The van der Waals surface area contributed by atoms with Crippen molar-refractivity contribution in [1.29, 1.82) is 0 Å². The van der Waals surface area contributed by atoms with Gasteiger partial charge in [0.15, 0.2) is 6.61 Å². The van der Waals surface area contributed by atoms with Crippen molar-refractivity contribution in [2.75, 3.05) is 6.61 Å². The van der Waals surface area contributed by atoms with E-state index in [9.17, 15) is 4.79 Å². The third-order valence-electron chi connectivity index (χ3n) is 3.83. The molecule has 0 aromatic heterocycles. The average molecular weight is 311 g/mol. The largest absolute Gasteiger partial charge is 0.483 e. The first-order valence-corrected chi connectivity index (χ1v) is 7.97. The zero-order chi connectivity index (χ0) is 15.1. The normalized spacial score (nSPS) is 16.3. The van der Waals surface area contributed by atoms with E-state index in [1.165, 1.54) is 25.7 Å². The third-order valence-corrected chi connectivity index (χ3v) is 4.06. The first kappa shape index (κ1) is 16.1. The molecule has 1 saturated carbocycles. The van der Waals surface area contributed by atoms with E-state index in [-0.39, 0.29) is 18.6 Å². The van der Waals surface area contributed by atoms with Gasteiger partial charge in [-0.1, -0.05) is 43.4 Å². The smallest absolute Gasteiger partial charge is 0.258 e. The van der Waals surface area contributed by atoms with Crippen LogP contribution in [0.1, 0.15) is 44.1 Å². The van der Waals surface area contributed by atoms with Crippen molar-refractivity contribution < 1.29 is 9.53 Å². The lowest BCUT2D eigenvalue weighted by Crippen LogP contribution is -2.37. The van der Waals surface area contributed by atoms with Gasteiger partial charge in [-0.25, -0.2) is 0 Å². The number of hydrogen-bond acceptors (Lipinski definition) is 3. The molecule has 1 fully saturated rings. The molecule has 0 heterocycles. The number of nitrogens with one attached hydrogen (secondary N) is 1. The van der Waals surface area contributed by atoms with Gasteiger partial charge in [0.25, 0.3) is 5.91 Å². The lowest BCUT2D eigenvalue weighted by Gasteiger charge is -2.17. The second-order valence-corrected chi connectivity index (χ2v) is 5.94. The average Bonchev–Trinajstić information content (AvgIpc) is 2.74. The van der Waals surface area contributed by atoms with Gasteiger partial charge in [0.2, 0.25) is 0 Å². The van der Waals surface area contributed by atoms with Gasteiger partial charge in [0.05, 0.1) is 0 Å². The molecule has 21 heavy (non-hydrogen) atoms. The molecule has 0 aliphatic heterocycles. The summed E-state index contributed by atoms with van der Waals surface area (Å²) < 4.78 is 5.57. The number of carbonyl (C=O) groups excluding carboxylic acids is 1. The number of rotatable bonds is 5. The molecule has 0 atom stereocenters. The molecule has 116 valence electrons. The van der Waals surface area contributed by atoms with E-state index in [1.54, 1.807) is 12.1 Å². The van der Waals surface area contributed by atoms with Gasteiger partial charge in [-0.2, -0.15) is 0 Å². The SMILES string of the molecule is NCc1ccc(Cl)cc1OCC(=O)NC1CCCCCC1. The fraction of sp³-hybridized carbons (Fsp3) is 0.562. The van der Waals surface area contributed by atoms with Crippen LogP contribution >= 0.6 is 11.6 Å². The number of amides is 1. The Kier molecular flexibility index (Phi) is 6.33. The highest BCUT2D eigenvalue weighted by Crippen LogP contribution is 2.23. The predicted molar refractivity (Wildman–Crippen MR) is 84.5 cm³/mol. The molecule has 1 aromatic rings. The van der Waals surface area contributed by atoms with Crippen LogP contribution in [0.4, 0.5) is 0 Å². The highest BCUT2D eigenvalue weighted by molar-refractivity contribution is 6.30. The summed E-state index contributed by atoms with van der Waals surface area (Å²) in [6.07, 6.45) is 7.05. The maximum Gasteiger partial charge on any atom is 0.258 e. The molecular formula is C16H23ClN2O2. The van der Waals surface area contributed by atoms with Crippen molar-refractivity contribution in [1.82, 2.24) is 5.32 Å². The Morgan fingerprint density at radius 1 is 1.29 bits per heavy atom. The van der Waals surface area contributed by atoms with E-state index in [4.69, 9.17) is 22.1 Å². The zero-order valence-corrected chi connectivity index (χ0v) is 13.0. The maximum atomic E-state index is 12.0. The van der Waals surface area contributed by atoms with Gasteiger partial charge < -0.3 is 15.8 Å². The number of carbonyl (C=O) groups is 1. The molecule has 0 spiro atoms. The number of benzene rings is 1. The minimum absolute atomic E-state index is 0.00381. The number of nitrogens with two attached hydrogens (primary N) is 1.